The molecule has 5 heteroatoms. The molecule has 1 heterocycles. The van der Waals surface area contributed by atoms with E-state index in [1.165, 1.54) is 4.90 Å². The Balaban J connectivity index is 1.88. The highest BCUT2D eigenvalue weighted by atomic mass is 16.6. The maximum Gasteiger partial charge on any atom is 0.417 e. The van der Waals surface area contributed by atoms with Gasteiger partial charge >= 0.3 is 6.09 Å². The summed E-state index contributed by atoms with van der Waals surface area (Å²) in [4.78, 5) is 29.1. The van der Waals surface area contributed by atoms with Crippen molar-refractivity contribution in [2.45, 2.75) is 24.4 Å². The molecule has 2 aromatic rings. The highest BCUT2D eigenvalue weighted by Gasteiger charge is 2.43. The molecule has 0 unspecified atom stereocenters. The number of hydrogen-bond acceptors (Lipinski definition) is 4. The number of benzene rings is 2. The Morgan fingerprint density at radius 2 is 1.79 bits per heavy atom. The van der Waals surface area contributed by atoms with Crippen molar-refractivity contribution in [1.29, 1.82) is 0 Å². The van der Waals surface area contributed by atoms with E-state index in [9.17, 15) is 9.59 Å². The molecule has 0 radical (unpaired) electrons. The molecule has 0 bridgehead atoms. The lowest BCUT2D eigenvalue weighted by molar-refractivity contribution is -0.134. The monoisotopic (exact) mass is 378 g/mol. The summed E-state index contributed by atoms with van der Waals surface area (Å²) in [7, 11) is 3.69. The summed E-state index contributed by atoms with van der Waals surface area (Å²) in [6.45, 7) is 4.15. The van der Waals surface area contributed by atoms with Gasteiger partial charge in [-0.25, -0.2) is 9.69 Å². The van der Waals surface area contributed by atoms with Gasteiger partial charge in [-0.15, -0.1) is 6.58 Å². The van der Waals surface area contributed by atoms with E-state index >= 15 is 0 Å². The second-order valence-corrected chi connectivity index (χ2v) is 7.21. The minimum Gasteiger partial charge on any atom is -0.447 e. The van der Waals surface area contributed by atoms with Gasteiger partial charge in [0.25, 0.3) is 5.91 Å². The fourth-order valence-corrected chi connectivity index (χ4v) is 3.73. The zero-order valence-corrected chi connectivity index (χ0v) is 16.3. The van der Waals surface area contributed by atoms with Crippen LogP contribution in [0.5, 0.6) is 0 Å². The summed E-state index contributed by atoms with van der Waals surface area (Å²) in [5.41, 5.74) is 2.05. The van der Waals surface area contributed by atoms with Gasteiger partial charge in [0.15, 0.2) is 0 Å². The number of carbonyl (C=O) groups excluding carboxylic acids is 2. The van der Waals surface area contributed by atoms with Crippen molar-refractivity contribution < 1.29 is 14.3 Å². The van der Waals surface area contributed by atoms with Crippen molar-refractivity contribution >= 4 is 12.0 Å². The molecule has 3 atom stereocenters. The summed E-state index contributed by atoms with van der Waals surface area (Å²) in [5, 5.41) is 0. The normalized spacial score (nSPS) is 18.6. The summed E-state index contributed by atoms with van der Waals surface area (Å²) in [6.07, 6.45) is 1.77. The highest BCUT2D eigenvalue weighted by molar-refractivity contribution is 5.97. The van der Waals surface area contributed by atoms with Crippen LogP contribution in [0.1, 0.15) is 17.0 Å². The molecule has 1 aliphatic rings. The van der Waals surface area contributed by atoms with Gasteiger partial charge in [-0.1, -0.05) is 66.7 Å². The Bertz CT molecular complexity index is 820. The Morgan fingerprint density at radius 1 is 1.18 bits per heavy atom. The van der Waals surface area contributed by atoms with E-state index in [1.807, 2.05) is 79.7 Å². The van der Waals surface area contributed by atoms with E-state index in [0.717, 1.165) is 11.1 Å². The van der Waals surface area contributed by atoms with Crippen molar-refractivity contribution in [3.8, 4) is 0 Å². The van der Waals surface area contributed by atoms with Crippen LogP contribution in [-0.4, -0.2) is 54.6 Å². The molecule has 28 heavy (non-hydrogen) atoms. The van der Waals surface area contributed by atoms with Gasteiger partial charge in [-0.2, -0.15) is 0 Å². The molecule has 0 N–H and O–H groups in total. The van der Waals surface area contributed by atoms with E-state index in [0.29, 0.717) is 6.42 Å². The molecule has 2 aromatic carbocycles. The zero-order chi connectivity index (χ0) is 20.1. The lowest BCUT2D eigenvalue weighted by Crippen LogP contribution is -2.52. The SMILES string of the molecule is C=C[C@@H](c1ccccc1)[C@@H](C(=O)N1C(=O)OC[C@@H]1Cc1ccccc1)N(C)C. The van der Waals surface area contributed by atoms with Crippen LogP contribution in [0.15, 0.2) is 73.3 Å². The number of nitrogens with zero attached hydrogens (tertiary/aromatic N) is 2. The summed E-state index contributed by atoms with van der Waals surface area (Å²) < 4.78 is 5.24. The summed E-state index contributed by atoms with van der Waals surface area (Å²) >= 11 is 0. The molecule has 3 rings (SSSR count). The lowest BCUT2D eigenvalue weighted by Gasteiger charge is -2.33. The molecular weight excluding hydrogens is 352 g/mol. The maximum atomic E-state index is 13.5. The number of carbonyl (C=O) groups is 2. The van der Waals surface area contributed by atoms with Crippen LogP contribution in [0.2, 0.25) is 0 Å². The van der Waals surface area contributed by atoms with Crippen LogP contribution in [-0.2, 0) is 16.0 Å². The van der Waals surface area contributed by atoms with Gasteiger partial charge in [-0.05, 0) is 31.6 Å². The van der Waals surface area contributed by atoms with Crippen LogP contribution < -0.4 is 0 Å². The Hall–Kier alpha value is -2.92. The molecule has 0 spiro atoms. The average molecular weight is 378 g/mol. The van der Waals surface area contributed by atoms with Crippen LogP contribution >= 0.6 is 0 Å². The van der Waals surface area contributed by atoms with E-state index in [4.69, 9.17) is 4.74 Å². The third-order valence-corrected chi connectivity index (χ3v) is 5.10. The number of imide groups is 1. The molecular formula is C23H26N2O3. The zero-order valence-electron chi connectivity index (χ0n) is 16.3. The fourth-order valence-electron chi connectivity index (χ4n) is 3.73. The quantitative estimate of drug-likeness (QED) is 0.692. The lowest BCUT2D eigenvalue weighted by atomic mass is 9.89. The van der Waals surface area contributed by atoms with Crippen LogP contribution in [0.4, 0.5) is 4.79 Å². The van der Waals surface area contributed by atoms with Gasteiger partial charge < -0.3 is 4.74 Å². The van der Waals surface area contributed by atoms with Crippen LogP contribution in [0.25, 0.3) is 0 Å². The second kappa shape index (κ2) is 8.85. The predicted octanol–water partition coefficient (Wildman–Crippen LogP) is 3.48. The molecule has 5 nitrogen and oxygen atoms in total. The number of amides is 2. The first-order chi connectivity index (χ1) is 13.5. The molecule has 146 valence electrons. The van der Waals surface area contributed by atoms with Crippen molar-refractivity contribution in [1.82, 2.24) is 9.80 Å². The van der Waals surface area contributed by atoms with E-state index < -0.39 is 12.1 Å². The topological polar surface area (TPSA) is 49.9 Å². The minimum absolute atomic E-state index is 0.212. The molecule has 0 saturated carbocycles. The highest BCUT2D eigenvalue weighted by Crippen LogP contribution is 2.28. The van der Waals surface area contributed by atoms with Gasteiger partial charge in [0, 0.05) is 5.92 Å². The Morgan fingerprint density at radius 3 is 2.36 bits per heavy atom. The largest absolute Gasteiger partial charge is 0.447 e. The molecule has 1 saturated heterocycles. The number of cyclic esters (lactones) is 1. The molecule has 2 amide bonds. The molecule has 1 fully saturated rings. The van der Waals surface area contributed by atoms with Crippen molar-refractivity contribution in [2.75, 3.05) is 20.7 Å². The third kappa shape index (κ3) is 4.15. The van der Waals surface area contributed by atoms with E-state index in [1.54, 1.807) is 6.08 Å². The van der Waals surface area contributed by atoms with E-state index in [2.05, 4.69) is 6.58 Å². The van der Waals surface area contributed by atoms with E-state index in [-0.39, 0.29) is 24.5 Å². The van der Waals surface area contributed by atoms with Gasteiger partial charge in [0.2, 0.25) is 0 Å². The van der Waals surface area contributed by atoms with Gasteiger partial charge in [-0.3, -0.25) is 9.69 Å². The van der Waals surface area contributed by atoms with Crippen LogP contribution in [0.3, 0.4) is 0 Å². The Kier molecular flexibility index (Phi) is 6.26. The van der Waals surface area contributed by atoms with Gasteiger partial charge in [0.05, 0.1) is 12.1 Å². The van der Waals surface area contributed by atoms with Crippen molar-refractivity contribution in [3.63, 3.8) is 0 Å². The number of likely N-dealkylation sites (N-methyl/N-ethyl adjacent to an activating group) is 1. The second-order valence-electron chi connectivity index (χ2n) is 7.21. The average Bonchev–Trinajstić information content (AvgIpc) is 3.06. The number of ether oxygens (including phenoxy) is 1. The third-order valence-electron chi connectivity index (χ3n) is 5.10. The number of rotatable bonds is 7. The minimum atomic E-state index is -0.575. The standard InChI is InChI=1S/C23H26N2O3/c1-4-20(18-13-9-6-10-14-18)21(24(2)3)22(26)25-19(16-28-23(25)27)15-17-11-7-5-8-12-17/h4-14,19-21H,1,15-16H2,2-3H3/t19-,20-,21-/m0/s1. The van der Waals surface area contributed by atoms with Crippen LogP contribution in [0, 0.1) is 0 Å². The summed E-state index contributed by atoms with van der Waals surface area (Å²) in [5.74, 6) is -0.503. The van der Waals surface area contributed by atoms with Gasteiger partial charge in [0.1, 0.15) is 6.61 Å². The summed E-state index contributed by atoms with van der Waals surface area (Å²) in [6, 6.07) is 18.7. The Labute approximate surface area is 166 Å². The molecule has 1 aliphatic heterocycles. The smallest absolute Gasteiger partial charge is 0.417 e. The van der Waals surface area contributed by atoms with Crippen molar-refractivity contribution in [2.24, 2.45) is 0 Å². The molecule has 0 aliphatic carbocycles. The first kappa shape index (κ1) is 19.8. The number of hydrogen-bond donors (Lipinski definition) is 0. The predicted molar refractivity (Wildman–Crippen MR) is 109 cm³/mol. The maximum absolute atomic E-state index is 13.5. The van der Waals surface area contributed by atoms with Crippen molar-refractivity contribution in [3.05, 3.63) is 84.4 Å². The first-order valence-electron chi connectivity index (χ1n) is 9.40. The first-order valence-corrected chi connectivity index (χ1v) is 9.40. The molecule has 0 aromatic heterocycles. The fraction of sp³-hybridized carbons (Fsp3) is 0.304.